The van der Waals surface area contributed by atoms with Gasteiger partial charge < -0.3 is 16.0 Å². The second-order valence-electron chi connectivity index (χ2n) is 6.39. The maximum Gasteiger partial charge on any atom is 0.251 e. The molecule has 2 aliphatic heterocycles. The van der Waals surface area contributed by atoms with Gasteiger partial charge in [0.05, 0.1) is 0 Å². The summed E-state index contributed by atoms with van der Waals surface area (Å²) in [5.41, 5.74) is 1.67. The molecule has 2 heterocycles. The predicted molar refractivity (Wildman–Crippen MR) is 91.6 cm³/mol. The first-order chi connectivity index (χ1) is 10.6. The molecule has 2 atom stereocenters. The van der Waals surface area contributed by atoms with Crippen LogP contribution in [0.1, 0.15) is 48.5 Å². The number of piperidine rings is 1. The molecule has 2 amide bonds. The lowest BCUT2D eigenvalue weighted by atomic mass is 9.99. The van der Waals surface area contributed by atoms with Crippen molar-refractivity contribution in [3.8, 4) is 0 Å². The molecule has 2 fully saturated rings. The highest BCUT2D eigenvalue weighted by Crippen LogP contribution is 2.26. The molecule has 5 nitrogen and oxygen atoms in total. The first-order valence-corrected chi connectivity index (χ1v) is 8.00. The summed E-state index contributed by atoms with van der Waals surface area (Å²) in [5.74, 6) is -0.0558. The van der Waals surface area contributed by atoms with Gasteiger partial charge in [-0.3, -0.25) is 9.59 Å². The predicted octanol–water partition coefficient (Wildman–Crippen LogP) is 1.76. The lowest BCUT2D eigenvalue weighted by Crippen LogP contribution is -2.48. The molecule has 2 bridgehead atoms. The highest BCUT2D eigenvalue weighted by atomic mass is 35.5. The van der Waals surface area contributed by atoms with Gasteiger partial charge in [0.15, 0.2) is 0 Å². The Balaban J connectivity index is 0.00000192. The monoisotopic (exact) mass is 337 g/mol. The van der Waals surface area contributed by atoms with Crippen molar-refractivity contribution < 1.29 is 9.59 Å². The molecule has 126 valence electrons. The third kappa shape index (κ3) is 4.69. The molecule has 23 heavy (non-hydrogen) atoms. The molecule has 1 aromatic rings. The summed E-state index contributed by atoms with van der Waals surface area (Å²) in [6.45, 7) is 1.99. The first-order valence-electron chi connectivity index (χ1n) is 8.00. The van der Waals surface area contributed by atoms with Crippen LogP contribution in [0, 0.1) is 0 Å². The fraction of sp³-hybridized carbons (Fsp3) is 0.529. The van der Waals surface area contributed by atoms with E-state index in [4.69, 9.17) is 0 Å². The normalized spacial score (nSPS) is 25.3. The van der Waals surface area contributed by atoms with Gasteiger partial charge in [0.1, 0.15) is 0 Å². The second kappa shape index (κ2) is 7.79. The minimum Gasteiger partial charge on any atom is -0.352 e. The van der Waals surface area contributed by atoms with E-state index < -0.39 is 0 Å². The Bertz CT molecular complexity index is 549. The third-order valence-electron chi connectivity index (χ3n) is 4.57. The van der Waals surface area contributed by atoms with E-state index in [-0.39, 0.29) is 30.3 Å². The van der Waals surface area contributed by atoms with E-state index in [9.17, 15) is 9.59 Å². The molecule has 0 aliphatic carbocycles. The number of carbonyl (C=O) groups excluding carboxylic acids is 2. The Hall–Kier alpha value is -1.59. The zero-order valence-corrected chi connectivity index (χ0v) is 14.1. The topological polar surface area (TPSA) is 70.2 Å². The molecule has 3 rings (SSSR count). The molecule has 0 saturated carbocycles. The van der Waals surface area contributed by atoms with Crippen LogP contribution in [0.15, 0.2) is 24.3 Å². The average Bonchev–Trinajstić information content (AvgIpc) is 2.84. The fourth-order valence-electron chi connectivity index (χ4n) is 3.44. The van der Waals surface area contributed by atoms with Gasteiger partial charge in [0.2, 0.25) is 5.91 Å². The molecular weight excluding hydrogens is 314 g/mol. The van der Waals surface area contributed by atoms with Crippen molar-refractivity contribution in [2.75, 3.05) is 0 Å². The van der Waals surface area contributed by atoms with Crippen LogP contribution in [0.5, 0.6) is 0 Å². The van der Waals surface area contributed by atoms with Crippen LogP contribution < -0.4 is 16.0 Å². The van der Waals surface area contributed by atoms with Crippen LogP contribution in [0.3, 0.4) is 0 Å². The van der Waals surface area contributed by atoms with E-state index in [0.717, 1.165) is 18.4 Å². The Labute approximate surface area is 143 Å². The number of carbonyl (C=O) groups is 2. The molecule has 0 radical (unpaired) electrons. The Morgan fingerprint density at radius 3 is 2.30 bits per heavy atom. The van der Waals surface area contributed by atoms with Crippen molar-refractivity contribution >= 4 is 24.2 Å². The van der Waals surface area contributed by atoms with Gasteiger partial charge in [-0.05, 0) is 43.4 Å². The lowest BCUT2D eigenvalue weighted by Gasteiger charge is -2.29. The van der Waals surface area contributed by atoms with Gasteiger partial charge >= 0.3 is 0 Å². The number of hydrogen-bond donors (Lipinski definition) is 3. The van der Waals surface area contributed by atoms with Crippen molar-refractivity contribution in [2.24, 2.45) is 0 Å². The van der Waals surface area contributed by atoms with Crippen LogP contribution in [-0.4, -0.2) is 29.9 Å². The number of benzene rings is 1. The zero-order valence-electron chi connectivity index (χ0n) is 13.3. The SMILES string of the molecule is CC(=O)NCc1ccc(C(=O)NC2CC3CCC(C2)N3)cc1.Cl. The molecule has 2 aliphatic rings. The largest absolute Gasteiger partial charge is 0.352 e. The third-order valence-corrected chi connectivity index (χ3v) is 4.57. The van der Waals surface area contributed by atoms with E-state index in [1.165, 1.54) is 19.8 Å². The maximum atomic E-state index is 12.3. The first kappa shape index (κ1) is 17.8. The van der Waals surface area contributed by atoms with Crippen molar-refractivity contribution in [2.45, 2.75) is 57.3 Å². The van der Waals surface area contributed by atoms with Gasteiger partial charge in [0, 0.05) is 37.2 Å². The van der Waals surface area contributed by atoms with Crippen LogP contribution in [0.2, 0.25) is 0 Å². The average molecular weight is 338 g/mol. The number of nitrogens with one attached hydrogen (secondary N) is 3. The van der Waals surface area contributed by atoms with E-state index >= 15 is 0 Å². The van der Waals surface area contributed by atoms with Gasteiger partial charge in [-0.2, -0.15) is 0 Å². The van der Waals surface area contributed by atoms with Crippen molar-refractivity contribution in [1.82, 2.24) is 16.0 Å². The van der Waals surface area contributed by atoms with Gasteiger partial charge in [-0.15, -0.1) is 12.4 Å². The lowest BCUT2D eigenvalue weighted by molar-refractivity contribution is -0.119. The van der Waals surface area contributed by atoms with E-state index in [1.807, 2.05) is 24.3 Å². The smallest absolute Gasteiger partial charge is 0.251 e. The molecule has 2 unspecified atom stereocenters. The number of hydrogen-bond acceptors (Lipinski definition) is 3. The number of amides is 2. The summed E-state index contributed by atoms with van der Waals surface area (Å²) in [6.07, 6.45) is 4.52. The van der Waals surface area contributed by atoms with Crippen molar-refractivity contribution in [1.29, 1.82) is 0 Å². The van der Waals surface area contributed by atoms with Gasteiger partial charge in [-0.25, -0.2) is 0 Å². The number of fused-ring (bicyclic) bond motifs is 2. The second-order valence-corrected chi connectivity index (χ2v) is 6.39. The van der Waals surface area contributed by atoms with Gasteiger partial charge in [-0.1, -0.05) is 12.1 Å². The molecule has 2 saturated heterocycles. The summed E-state index contributed by atoms with van der Waals surface area (Å²) in [6, 6.07) is 8.84. The quantitative estimate of drug-likeness (QED) is 0.784. The van der Waals surface area contributed by atoms with Gasteiger partial charge in [0.25, 0.3) is 5.91 Å². The molecule has 0 spiro atoms. The number of halogens is 1. The Kier molecular flexibility index (Phi) is 6.02. The summed E-state index contributed by atoms with van der Waals surface area (Å²) in [7, 11) is 0. The molecular formula is C17H24ClN3O2. The van der Waals surface area contributed by atoms with E-state index in [2.05, 4.69) is 16.0 Å². The van der Waals surface area contributed by atoms with E-state index in [1.54, 1.807) is 0 Å². The van der Waals surface area contributed by atoms with Crippen LogP contribution >= 0.6 is 12.4 Å². The summed E-state index contributed by atoms with van der Waals surface area (Å²) >= 11 is 0. The Morgan fingerprint density at radius 1 is 1.13 bits per heavy atom. The summed E-state index contributed by atoms with van der Waals surface area (Å²) < 4.78 is 0. The molecule has 3 N–H and O–H groups in total. The van der Waals surface area contributed by atoms with Crippen molar-refractivity contribution in [3.05, 3.63) is 35.4 Å². The van der Waals surface area contributed by atoms with Crippen molar-refractivity contribution in [3.63, 3.8) is 0 Å². The van der Waals surface area contributed by atoms with Crippen LogP contribution in [-0.2, 0) is 11.3 Å². The fourth-order valence-corrected chi connectivity index (χ4v) is 3.44. The minimum atomic E-state index is -0.0534. The van der Waals surface area contributed by atoms with E-state index in [0.29, 0.717) is 24.2 Å². The minimum absolute atomic E-state index is 0. The maximum absolute atomic E-state index is 12.3. The summed E-state index contributed by atoms with van der Waals surface area (Å²) in [4.78, 5) is 23.2. The zero-order chi connectivity index (χ0) is 15.5. The highest BCUT2D eigenvalue weighted by Gasteiger charge is 2.34. The standard InChI is InChI=1S/C17H23N3O2.ClH/c1-11(21)18-10-12-2-4-13(5-3-12)17(22)20-16-8-14-6-7-15(9-16)19-14;/h2-5,14-16,19H,6-10H2,1H3,(H,18,21)(H,20,22);1H. The molecule has 0 aromatic heterocycles. The van der Waals surface area contributed by atoms with Crippen LogP contribution in [0.4, 0.5) is 0 Å². The summed E-state index contributed by atoms with van der Waals surface area (Å²) in [5, 5.41) is 9.48. The van der Waals surface area contributed by atoms with Crippen LogP contribution in [0.25, 0.3) is 0 Å². The molecule has 1 aromatic carbocycles. The number of rotatable bonds is 4. The molecule has 6 heteroatoms. The Morgan fingerprint density at radius 2 is 1.74 bits per heavy atom. The highest BCUT2D eigenvalue weighted by molar-refractivity contribution is 5.94.